The number of thioether (sulfide) groups is 1. The first kappa shape index (κ1) is 38.0. The highest BCUT2D eigenvalue weighted by Crippen LogP contribution is 2.48. The Morgan fingerprint density at radius 3 is 1.75 bits per heavy atom. The van der Waals surface area contributed by atoms with Gasteiger partial charge in [0.1, 0.15) is 23.7 Å². The van der Waals surface area contributed by atoms with Gasteiger partial charge in [-0.15, -0.1) is 11.8 Å². The van der Waals surface area contributed by atoms with E-state index in [9.17, 15) is 19.2 Å². The van der Waals surface area contributed by atoms with Crippen LogP contribution >= 0.6 is 11.8 Å². The molecule has 4 amide bonds. The van der Waals surface area contributed by atoms with Crippen molar-refractivity contribution in [1.29, 1.82) is 0 Å². The van der Waals surface area contributed by atoms with E-state index in [1.54, 1.807) is 11.8 Å². The Bertz CT molecular complexity index is 1820. The van der Waals surface area contributed by atoms with Crippen LogP contribution in [-0.2, 0) is 19.1 Å². The molecule has 0 bridgehead atoms. The second-order valence-electron chi connectivity index (χ2n) is 14.5. The van der Waals surface area contributed by atoms with E-state index in [4.69, 9.17) is 14.5 Å². The zero-order valence-corrected chi connectivity index (χ0v) is 32.0. The lowest BCUT2D eigenvalue weighted by atomic mass is 10.0. The van der Waals surface area contributed by atoms with Crippen LogP contribution in [0.5, 0.6) is 0 Å². The molecule has 0 spiro atoms. The minimum atomic E-state index is -0.682. The fourth-order valence-electron chi connectivity index (χ4n) is 7.39. The lowest BCUT2D eigenvalue weighted by Crippen LogP contribution is -2.51. The third kappa shape index (κ3) is 8.24. The molecule has 2 saturated heterocycles. The second kappa shape index (κ2) is 16.5. The van der Waals surface area contributed by atoms with E-state index in [0.717, 1.165) is 65.6 Å². The number of allylic oxidation sites excluding steroid dienone is 1. The fraction of sp³-hybridized carbons (Fsp3) is 0.526. The zero-order chi connectivity index (χ0) is 37.8. The van der Waals surface area contributed by atoms with Gasteiger partial charge < -0.3 is 39.9 Å². The number of nitrogens with one attached hydrogen (secondary N) is 4. The Morgan fingerprint density at radius 1 is 0.774 bits per heavy atom. The van der Waals surface area contributed by atoms with Crippen molar-refractivity contribution in [2.24, 2.45) is 11.8 Å². The summed E-state index contributed by atoms with van der Waals surface area (Å²) < 4.78 is 9.51. The number of hydrogen-bond donors (Lipinski definition) is 4. The maximum atomic E-state index is 13.5. The quantitative estimate of drug-likeness (QED) is 0.181. The predicted molar refractivity (Wildman–Crippen MR) is 201 cm³/mol. The van der Waals surface area contributed by atoms with Crippen LogP contribution in [0.15, 0.2) is 42.7 Å². The van der Waals surface area contributed by atoms with Crippen molar-refractivity contribution in [3.05, 3.63) is 65.6 Å². The van der Waals surface area contributed by atoms with Gasteiger partial charge in [-0.1, -0.05) is 58.0 Å². The molecule has 5 atom stereocenters. The van der Waals surface area contributed by atoms with Gasteiger partial charge in [0.25, 0.3) is 0 Å². The number of amides is 4. The minimum Gasteiger partial charge on any atom is -0.453 e. The summed E-state index contributed by atoms with van der Waals surface area (Å²) in [4.78, 5) is 72.0. The molecule has 284 valence electrons. The molecule has 1 aromatic carbocycles. The molecule has 3 aromatic rings. The van der Waals surface area contributed by atoms with Crippen LogP contribution in [0.4, 0.5) is 9.59 Å². The first-order chi connectivity index (χ1) is 25.5. The van der Waals surface area contributed by atoms with E-state index in [2.05, 4.69) is 55.9 Å². The number of ether oxygens (including phenoxy) is 2. The Labute approximate surface area is 314 Å². The SMILES string of the molecule is COC(=O)N[C@H](C(=O)N1CCC[C@H]1c1ncc(C2=CCC(c3ccc(-c4cnc([C@@H]5CCCN5C(=O)[C@@H](NC(=O)OC)C(C)C)[nH]4)cc3)S2)[nH]1)C(C)C. The van der Waals surface area contributed by atoms with Gasteiger partial charge in [-0.25, -0.2) is 19.6 Å². The Kier molecular flexibility index (Phi) is 11.8. The van der Waals surface area contributed by atoms with Gasteiger partial charge in [0.05, 0.1) is 50.1 Å². The molecule has 2 aromatic heterocycles. The molecule has 4 N–H and O–H groups in total. The number of hydrogen-bond acceptors (Lipinski definition) is 9. The van der Waals surface area contributed by atoms with Gasteiger partial charge in [0.15, 0.2) is 0 Å². The third-order valence-electron chi connectivity index (χ3n) is 10.3. The molecule has 3 aliphatic rings. The van der Waals surface area contributed by atoms with Crippen molar-refractivity contribution in [3.8, 4) is 11.3 Å². The van der Waals surface area contributed by atoms with Crippen LogP contribution in [-0.4, -0.2) is 93.1 Å². The van der Waals surface area contributed by atoms with Crippen molar-refractivity contribution in [1.82, 2.24) is 40.4 Å². The van der Waals surface area contributed by atoms with E-state index >= 15 is 0 Å². The van der Waals surface area contributed by atoms with Crippen LogP contribution in [0.2, 0.25) is 0 Å². The first-order valence-corrected chi connectivity index (χ1v) is 19.2. The molecule has 53 heavy (non-hydrogen) atoms. The second-order valence-corrected chi connectivity index (χ2v) is 15.7. The molecule has 0 radical (unpaired) electrons. The lowest BCUT2D eigenvalue weighted by Gasteiger charge is -2.30. The monoisotopic (exact) mass is 746 g/mol. The average molecular weight is 747 g/mol. The largest absolute Gasteiger partial charge is 0.453 e. The van der Waals surface area contributed by atoms with Crippen LogP contribution in [0.1, 0.15) is 100 Å². The standard InChI is InChI=1S/C38H50N8O6S/c1-21(2)31(43-37(49)51-5)35(47)45-17-7-9-27(45)33-39-19-25(41-33)23-11-13-24(14-12-23)29-15-16-30(53-29)26-20-40-34(42-26)28-10-8-18-46(28)36(48)32(22(3)4)44-38(50)52-6/h11-14,16,19-22,27-29,31-32H,7-10,15,17-18H2,1-6H3,(H,39,41)(H,40,42)(H,43,49)(H,44,50)/t27-,28-,29?,31-,32-/m0/s1. The van der Waals surface area contributed by atoms with Crippen molar-refractivity contribution in [2.45, 2.75) is 89.2 Å². The smallest absolute Gasteiger partial charge is 0.407 e. The molecular formula is C38H50N8O6S. The molecule has 0 aliphatic carbocycles. The Hall–Kier alpha value is -4.79. The van der Waals surface area contributed by atoms with Gasteiger partial charge in [0, 0.05) is 23.2 Å². The summed E-state index contributed by atoms with van der Waals surface area (Å²) in [6, 6.07) is 6.74. The highest BCUT2D eigenvalue weighted by Gasteiger charge is 2.39. The first-order valence-electron chi connectivity index (χ1n) is 18.4. The van der Waals surface area contributed by atoms with Crippen molar-refractivity contribution in [2.75, 3.05) is 27.3 Å². The number of carbonyl (C=O) groups is 4. The number of imidazole rings is 2. The number of benzene rings is 1. The average Bonchev–Trinajstić information content (AvgIpc) is 4.00. The fourth-order valence-corrected chi connectivity index (χ4v) is 8.60. The number of aromatic nitrogens is 4. The number of methoxy groups -OCH3 is 2. The Morgan fingerprint density at radius 2 is 1.26 bits per heavy atom. The number of rotatable bonds is 11. The van der Waals surface area contributed by atoms with Crippen LogP contribution in [0.3, 0.4) is 0 Å². The molecule has 3 aliphatic heterocycles. The molecule has 5 heterocycles. The van der Waals surface area contributed by atoms with E-state index < -0.39 is 24.3 Å². The molecule has 2 fully saturated rings. The van der Waals surface area contributed by atoms with Crippen LogP contribution < -0.4 is 10.6 Å². The van der Waals surface area contributed by atoms with Crippen molar-refractivity contribution in [3.63, 3.8) is 0 Å². The number of likely N-dealkylation sites (tertiary alicyclic amines) is 2. The molecule has 14 nitrogen and oxygen atoms in total. The van der Waals surface area contributed by atoms with E-state index in [-0.39, 0.29) is 41.0 Å². The van der Waals surface area contributed by atoms with Crippen molar-refractivity contribution < 1.29 is 28.7 Å². The highest BCUT2D eigenvalue weighted by atomic mass is 32.2. The highest BCUT2D eigenvalue weighted by molar-refractivity contribution is 8.08. The summed E-state index contributed by atoms with van der Waals surface area (Å²) in [6.07, 6.45) is 8.82. The summed E-state index contributed by atoms with van der Waals surface area (Å²) in [5, 5.41) is 5.64. The number of carbonyl (C=O) groups excluding carboxylic acids is 4. The van der Waals surface area contributed by atoms with Gasteiger partial charge in [-0.05, 0) is 55.1 Å². The summed E-state index contributed by atoms with van der Waals surface area (Å²) in [6.45, 7) is 8.82. The minimum absolute atomic E-state index is 0.0972. The lowest BCUT2D eigenvalue weighted by molar-refractivity contribution is -0.136. The normalized spacial score (nSPS) is 21.1. The zero-order valence-electron chi connectivity index (χ0n) is 31.2. The van der Waals surface area contributed by atoms with E-state index in [1.165, 1.54) is 19.8 Å². The molecule has 15 heteroatoms. The van der Waals surface area contributed by atoms with E-state index in [0.29, 0.717) is 13.1 Å². The number of alkyl carbamates (subject to hydrolysis) is 2. The maximum absolute atomic E-state index is 13.5. The summed E-state index contributed by atoms with van der Waals surface area (Å²) in [5.74, 6) is 1.02. The topological polar surface area (TPSA) is 175 Å². The number of nitrogens with zero attached hydrogens (tertiary/aromatic N) is 4. The van der Waals surface area contributed by atoms with Crippen LogP contribution in [0.25, 0.3) is 16.2 Å². The molecule has 1 unspecified atom stereocenters. The summed E-state index contributed by atoms with van der Waals surface area (Å²) in [5.41, 5.74) is 4.02. The van der Waals surface area contributed by atoms with Gasteiger partial charge in [-0.3, -0.25) is 9.59 Å². The van der Waals surface area contributed by atoms with Gasteiger partial charge in [0.2, 0.25) is 11.8 Å². The van der Waals surface area contributed by atoms with Crippen LogP contribution in [0, 0.1) is 11.8 Å². The Balaban J connectivity index is 1.07. The third-order valence-corrected chi connectivity index (χ3v) is 11.7. The number of aromatic amines is 2. The maximum Gasteiger partial charge on any atom is 0.407 e. The summed E-state index contributed by atoms with van der Waals surface area (Å²) >= 11 is 1.79. The summed E-state index contributed by atoms with van der Waals surface area (Å²) in [7, 11) is 2.58. The van der Waals surface area contributed by atoms with Gasteiger partial charge >= 0.3 is 12.2 Å². The number of H-pyrrole nitrogens is 2. The van der Waals surface area contributed by atoms with Crippen molar-refractivity contribution >= 4 is 40.7 Å². The molecule has 0 saturated carbocycles. The molecular weight excluding hydrogens is 697 g/mol. The van der Waals surface area contributed by atoms with Gasteiger partial charge in [-0.2, -0.15) is 0 Å². The predicted octanol–water partition coefficient (Wildman–Crippen LogP) is 6.11. The van der Waals surface area contributed by atoms with E-state index in [1.807, 2.05) is 49.9 Å². The molecule has 6 rings (SSSR count).